The zero-order chi connectivity index (χ0) is 23.2. The van der Waals surface area contributed by atoms with Crippen LogP contribution in [0.3, 0.4) is 0 Å². The highest BCUT2D eigenvalue weighted by Crippen LogP contribution is 2.40. The number of benzene rings is 1. The van der Waals surface area contributed by atoms with Crippen LogP contribution < -0.4 is 0 Å². The minimum atomic E-state index is -2.99. The predicted octanol–water partition coefficient (Wildman–Crippen LogP) is 3.96. The second-order valence-electron chi connectivity index (χ2n) is 9.11. The molecular weight excluding hydrogens is 456 g/mol. The molecule has 0 radical (unpaired) electrons. The number of aromatic nitrogens is 4. The summed E-state index contributed by atoms with van der Waals surface area (Å²) in [5.74, 6) is 2.14. The van der Waals surface area contributed by atoms with E-state index in [-0.39, 0.29) is 29.1 Å². The molecule has 1 aliphatic heterocycles. The zero-order valence-electron chi connectivity index (χ0n) is 18.9. The molecule has 2 aliphatic rings. The standard InChI is InChI=1S/C24H28N4O3S2/c1-16-12-21(17(2)28(16)20-10-11-33(30,31)15-20)22(29)14-32-24-26-25-23(19-8-9-19)27(24)13-18-6-4-3-5-7-18/h3-7,12,19-20H,8-11,13-15H2,1-2H3/t20-/m1/s1. The van der Waals surface area contributed by atoms with Gasteiger partial charge in [0.1, 0.15) is 5.82 Å². The molecule has 1 aromatic carbocycles. The molecule has 2 fully saturated rings. The van der Waals surface area contributed by atoms with E-state index in [0.29, 0.717) is 24.4 Å². The third-order valence-corrected chi connectivity index (χ3v) is 9.28. The lowest BCUT2D eigenvalue weighted by Crippen LogP contribution is -2.14. The van der Waals surface area contributed by atoms with E-state index in [2.05, 4.69) is 26.9 Å². The third kappa shape index (κ3) is 4.66. The van der Waals surface area contributed by atoms with Gasteiger partial charge in [0.15, 0.2) is 20.8 Å². The minimum Gasteiger partial charge on any atom is -0.344 e. The summed E-state index contributed by atoms with van der Waals surface area (Å²) in [6, 6.07) is 12.1. The number of nitrogens with zero attached hydrogens (tertiary/aromatic N) is 4. The number of carbonyl (C=O) groups is 1. The number of carbonyl (C=O) groups excluding carboxylic acids is 1. The van der Waals surface area contributed by atoms with E-state index in [1.54, 1.807) is 0 Å². The number of hydrogen-bond acceptors (Lipinski definition) is 6. The lowest BCUT2D eigenvalue weighted by Gasteiger charge is -2.16. The normalized spacial score (nSPS) is 19.8. The topological polar surface area (TPSA) is 86.8 Å². The molecule has 3 heterocycles. The average molecular weight is 485 g/mol. The summed E-state index contributed by atoms with van der Waals surface area (Å²) in [6.45, 7) is 4.56. The van der Waals surface area contributed by atoms with Crippen molar-refractivity contribution in [1.82, 2.24) is 19.3 Å². The first-order valence-corrected chi connectivity index (χ1v) is 14.1. The van der Waals surface area contributed by atoms with Crippen LogP contribution in [0.25, 0.3) is 0 Å². The Morgan fingerprint density at radius 1 is 1.12 bits per heavy atom. The molecule has 0 amide bonds. The highest BCUT2D eigenvalue weighted by Gasteiger charge is 2.32. The molecule has 3 aromatic rings. The second-order valence-corrected chi connectivity index (χ2v) is 12.3. The fraction of sp³-hybridized carbons (Fsp3) is 0.458. The first-order chi connectivity index (χ1) is 15.8. The van der Waals surface area contributed by atoms with Gasteiger partial charge in [-0.05, 0) is 44.7 Å². The highest BCUT2D eigenvalue weighted by atomic mass is 32.2. The van der Waals surface area contributed by atoms with E-state index in [4.69, 9.17) is 0 Å². The van der Waals surface area contributed by atoms with Gasteiger partial charge in [-0.3, -0.25) is 4.79 Å². The van der Waals surface area contributed by atoms with Crippen molar-refractivity contribution in [2.45, 2.75) is 56.8 Å². The van der Waals surface area contributed by atoms with Gasteiger partial charge in [0.2, 0.25) is 0 Å². The quantitative estimate of drug-likeness (QED) is 0.355. The molecule has 5 rings (SSSR count). The zero-order valence-corrected chi connectivity index (χ0v) is 20.5. The molecule has 0 bridgehead atoms. The Labute approximate surface area is 198 Å². The van der Waals surface area contributed by atoms with Crippen LogP contribution in [0.1, 0.15) is 64.4 Å². The highest BCUT2D eigenvalue weighted by molar-refractivity contribution is 7.99. The van der Waals surface area contributed by atoms with Crippen LogP contribution in [0.2, 0.25) is 0 Å². The number of sulfone groups is 1. The summed E-state index contributed by atoms with van der Waals surface area (Å²) in [5.41, 5.74) is 3.64. The van der Waals surface area contributed by atoms with E-state index in [1.165, 1.54) is 17.3 Å². The Morgan fingerprint density at radius 2 is 1.88 bits per heavy atom. The number of Topliss-reactive ketones (excluding diaryl/α,β-unsaturated/α-hetero) is 1. The van der Waals surface area contributed by atoms with E-state index in [9.17, 15) is 13.2 Å². The Bertz CT molecular complexity index is 1290. The van der Waals surface area contributed by atoms with Gasteiger partial charge in [0.25, 0.3) is 0 Å². The van der Waals surface area contributed by atoms with Crippen molar-refractivity contribution in [2.75, 3.05) is 17.3 Å². The van der Waals surface area contributed by atoms with E-state index in [1.807, 2.05) is 42.7 Å². The van der Waals surface area contributed by atoms with Crippen molar-refractivity contribution < 1.29 is 13.2 Å². The smallest absolute Gasteiger partial charge is 0.191 e. The molecule has 2 aromatic heterocycles. The van der Waals surface area contributed by atoms with Gasteiger partial charge in [-0.2, -0.15) is 0 Å². The van der Waals surface area contributed by atoms with Crippen LogP contribution in [-0.4, -0.2) is 50.8 Å². The molecule has 0 spiro atoms. The second kappa shape index (κ2) is 8.76. The summed E-state index contributed by atoms with van der Waals surface area (Å²) in [7, 11) is -2.99. The molecule has 0 unspecified atom stereocenters. The molecule has 174 valence electrons. The van der Waals surface area contributed by atoms with Crippen LogP contribution in [0.15, 0.2) is 41.6 Å². The van der Waals surface area contributed by atoms with Crippen molar-refractivity contribution in [1.29, 1.82) is 0 Å². The fourth-order valence-electron chi connectivity index (χ4n) is 4.77. The van der Waals surface area contributed by atoms with Crippen LogP contribution in [0.5, 0.6) is 0 Å². The molecular formula is C24H28N4O3S2. The maximum Gasteiger partial charge on any atom is 0.191 e. The summed E-state index contributed by atoms with van der Waals surface area (Å²) < 4.78 is 28.1. The molecule has 1 atom stereocenters. The summed E-state index contributed by atoms with van der Waals surface area (Å²) >= 11 is 1.43. The van der Waals surface area contributed by atoms with Crippen molar-refractivity contribution >= 4 is 27.4 Å². The monoisotopic (exact) mass is 484 g/mol. The maximum atomic E-state index is 13.2. The van der Waals surface area contributed by atoms with Crippen LogP contribution >= 0.6 is 11.8 Å². The first-order valence-electron chi connectivity index (χ1n) is 11.3. The van der Waals surface area contributed by atoms with Gasteiger partial charge in [0, 0.05) is 28.9 Å². The Kier molecular flexibility index (Phi) is 5.95. The molecule has 1 aliphatic carbocycles. The maximum absolute atomic E-state index is 13.2. The SMILES string of the molecule is Cc1cc(C(=O)CSc2nnc(C3CC3)n2Cc2ccccc2)c(C)n1[C@@H]1CCS(=O)(=O)C1. The molecule has 9 heteroatoms. The molecule has 1 saturated carbocycles. The van der Waals surface area contributed by atoms with E-state index in [0.717, 1.165) is 35.2 Å². The Morgan fingerprint density at radius 3 is 2.55 bits per heavy atom. The van der Waals surface area contributed by atoms with Crippen LogP contribution in [-0.2, 0) is 16.4 Å². The first kappa shape index (κ1) is 22.4. The minimum absolute atomic E-state index is 0.0300. The number of ketones is 1. The molecule has 7 nitrogen and oxygen atoms in total. The van der Waals surface area contributed by atoms with E-state index >= 15 is 0 Å². The van der Waals surface area contributed by atoms with Gasteiger partial charge >= 0.3 is 0 Å². The predicted molar refractivity (Wildman–Crippen MR) is 129 cm³/mol. The number of rotatable bonds is 8. The van der Waals surface area contributed by atoms with Gasteiger partial charge in [-0.1, -0.05) is 42.1 Å². The number of hydrogen-bond donors (Lipinski definition) is 0. The van der Waals surface area contributed by atoms with Crippen molar-refractivity contribution in [3.8, 4) is 0 Å². The molecule has 33 heavy (non-hydrogen) atoms. The van der Waals surface area contributed by atoms with Crippen LogP contribution in [0.4, 0.5) is 0 Å². The van der Waals surface area contributed by atoms with Crippen molar-refractivity contribution in [2.24, 2.45) is 0 Å². The average Bonchev–Trinajstić information content (AvgIpc) is 3.36. The van der Waals surface area contributed by atoms with Gasteiger partial charge in [-0.25, -0.2) is 8.42 Å². The van der Waals surface area contributed by atoms with E-state index < -0.39 is 9.84 Å². The fourth-order valence-corrected chi connectivity index (χ4v) is 7.30. The molecule has 0 N–H and O–H groups in total. The number of thioether (sulfide) groups is 1. The van der Waals surface area contributed by atoms with Crippen molar-refractivity contribution in [3.63, 3.8) is 0 Å². The van der Waals surface area contributed by atoms with Gasteiger partial charge in [-0.15, -0.1) is 10.2 Å². The largest absolute Gasteiger partial charge is 0.344 e. The summed E-state index contributed by atoms with van der Waals surface area (Å²) in [4.78, 5) is 13.2. The third-order valence-electron chi connectivity index (χ3n) is 6.56. The van der Waals surface area contributed by atoms with Gasteiger partial charge < -0.3 is 9.13 Å². The van der Waals surface area contributed by atoms with Crippen molar-refractivity contribution in [3.05, 3.63) is 64.7 Å². The van der Waals surface area contributed by atoms with Gasteiger partial charge in [0.05, 0.1) is 23.8 Å². The molecule has 1 saturated heterocycles. The van der Waals surface area contributed by atoms with Crippen LogP contribution in [0, 0.1) is 13.8 Å². The Balaban J connectivity index is 1.33. The summed E-state index contributed by atoms with van der Waals surface area (Å²) in [6.07, 6.45) is 2.88. The number of aryl methyl sites for hydroxylation is 1. The summed E-state index contributed by atoms with van der Waals surface area (Å²) in [5, 5.41) is 9.63. The lowest BCUT2D eigenvalue weighted by atomic mass is 10.2. The Hall–Kier alpha value is -2.39. The lowest BCUT2D eigenvalue weighted by molar-refractivity contribution is 0.102.